The quantitative estimate of drug-likeness (QED) is 0.943. The number of thiazole rings is 1. The van der Waals surface area contributed by atoms with Crippen LogP contribution in [0.25, 0.3) is 0 Å². The van der Waals surface area contributed by atoms with Crippen molar-refractivity contribution >= 4 is 22.4 Å². The minimum atomic E-state index is -0.717. The number of carboxylic acids is 1. The maximum absolute atomic E-state index is 12.0. The van der Waals surface area contributed by atoms with Crippen LogP contribution in [0.2, 0.25) is 0 Å². The Morgan fingerprint density at radius 3 is 2.86 bits per heavy atom. The molecular formula is C16H18N2O2S. The van der Waals surface area contributed by atoms with Crippen LogP contribution in [0.15, 0.2) is 41.9 Å². The fourth-order valence-electron chi connectivity index (χ4n) is 3.05. The largest absolute Gasteiger partial charge is 0.481 e. The van der Waals surface area contributed by atoms with Crippen molar-refractivity contribution in [2.45, 2.75) is 19.3 Å². The Morgan fingerprint density at radius 2 is 2.19 bits per heavy atom. The first-order chi connectivity index (χ1) is 10.2. The molecule has 1 N–H and O–H groups in total. The summed E-state index contributed by atoms with van der Waals surface area (Å²) in [7, 11) is 0. The maximum Gasteiger partial charge on any atom is 0.311 e. The van der Waals surface area contributed by atoms with Crippen LogP contribution in [0.1, 0.15) is 18.4 Å². The first-order valence-electron chi connectivity index (χ1n) is 7.11. The number of aromatic nitrogens is 1. The first kappa shape index (κ1) is 14.1. The average Bonchev–Trinajstić information content (AvgIpc) is 3.03. The molecule has 0 bridgehead atoms. The van der Waals surface area contributed by atoms with E-state index >= 15 is 0 Å². The summed E-state index contributed by atoms with van der Waals surface area (Å²) >= 11 is 1.57. The van der Waals surface area contributed by atoms with Crippen molar-refractivity contribution in [3.05, 3.63) is 47.5 Å². The molecule has 3 rings (SSSR count). The zero-order valence-corrected chi connectivity index (χ0v) is 12.6. The van der Waals surface area contributed by atoms with Gasteiger partial charge in [0, 0.05) is 24.7 Å². The van der Waals surface area contributed by atoms with Crippen LogP contribution in [0.5, 0.6) is 0 Å². The van der Waals surface area contributed by atoms with E-state index in [0.717, 1.165) is 30.1 Å². The van der Waals surface area contributed by atoms with Gasteiger partial charge in [0.25, 0.3) is 0 Å². The van der Waals surface area contributed by atoms with Crippen molar-refractivity contribution in [1.29, 1.82) is 0 Å². The third kappa shape index (κ3) is 2.93. The number of benzene rings is 1. The molecule has 1 aromatic heterocycles. The number of aliphatic carboxylic acids is 1. The van der Waals surface area contributed by atoms with E-state index in [1.165, 1.54) is 0 Å². The monoisotopic (exact) mass is 302 g/mol. The summed E-state index contributed by atoms with van der Waals surface area (Å²) < 4.78 is 0. The molecule has 0 radical (unpaired) electrons. The summed E-state index contributed by atoms with van der Waals surface area (Å²) in [6, 6.07) is 9.90. The van der Waals surface area contributed by atoms with E-state index in [1.54, 1.807) is 17.5 Å². The number of carbonyl (C=O) groups is 1. The normalized spacial score (nSPS) is 22.2. The molecule has 1 atom stereocenters. The summed E-state index contributed by atoms with van der Waals surface area (Å²) in [4.78, 5) is 18.4. The predicted molar refractivity (Wildman–Crippen MR) is 83.8 cm³/mol. The summed E-state index contributed by atoms with van der Waals surface area (Å²) in [6.45, 7) is 1.42. The highest BCUT2D eigenvalue weighted by atomic mass is 32.1. The van der Waals surface area contributed by atoms with Crippen LogP contribution in [0.4, 0.5) is 5.13 Å². The minimum absolute atomic E-state index is 0.532. The number of hydrogen-bond acceptors (Lipinski definition) is 4. The lowest BCUT2D eigenvalue weighted by Gasteiger charge is -2.40. The van der Waals surface area contributed by atoms with Gasteiger partial charge in [-0.1, -0.05) is 30.3 Å². The van der Waals surface area contributed by atoms with Crippen molar-refractivity contribution in [2.75, 3.05) is 18.0 Å². The second-order valence-corrected chi connectivity index (χ2v) is 6.46. The number of hydrogen-bond donors (Lipinski definition) is 1. The fraction of sp³-hybridized carbons (Fsp3) is 0.375. The van der Waals surface area contributed by atoms with E-state index in [2.05, 4.69) is 9.88 Å². The molecule has 0 amide bonds. The lowest BCUT2D eigenvalue weighted by Crippen LogP contribution is -2.49. The smallest absolute Gasteiger partial charge is 0.311 e. The Bertz CT molecular complexity index is 600. The minimum Gasteiger partial charge on any atom is -0.481 e. The highest BCUT2D eigenvalue weighted by Crippen LogP contribution is 2.36. The molecular weight excluding hydrogens is 284 g/mol. The van der Waals surface area contributed by atoms with Crippen molar-refractivity contribution in [3.63, 3.8) is 0 Å². The number of carboxylic acid groups (broad SMARTS) is 1. The van der Waals surface area contributed by atoms with E-state index in [-0.39, 0.29) is 0 Å². The lowest BCUT2D eigenvalue weighted by atomic mass is 9.75. The molecule has 2 heterocycles. The second-order valence-electron chi connectivity index (χ2n) is 5.59. The molecule has 2 aromatic rings. The molecule has 0 unspecified atom stereocenters. The Kier molecular flexibility index (Phi) is 3.92. The zero-order valence-electron chi connectivity index (χ0n) is 11.7. The van der Waals surface area contributed by atoms with Gasteiger partial charge in [0.1, 0.15) is 0 Å². The number of anilines is 1. The van der Waals surface area contributed by atoms with Gasteiger partial charge in [-0.05, 0) is 24.8 Å². The molecule has 0 saturated carbocycles. The van der Waals surface area contributed by atoms with Crippen LogP contribution in [0, 0.1) is 5.41 Å². The predicted octanol–water partition coefficient (Wildman–Crippen LogP) is 3.06. The van der Waals surface area contributed by atoms with Crippen LogP contribution in [0.3, 0.4) is 0 Å². The molecule has 1 aliphatic rings. The van der Waals surface area contributed by atoms with E-state index in [1.807, 2.05) is 35.7 Å². The molecule has 1 fully saturated rings. The topological polar surface area (TPSA) is 53.4 Å². The van der Waals surface area contributed by atoms with Gasteiger partial charge in [-0.15, -0.1) is 11.3 Å². The third-order valence-electron chi connectivity index (χ3n) is 4.11. The average molecular weight is 302 g/mol. The van der Waals surface area contributed by atoms with Gasteiger partial charge in [0.2, 0.25) is 0 Å². The Labute approximate surface area is 128 Å². The standard InChI is InChI=1S/C16H18N2O2S/c19-14(20)16(11-13-5-2-1-3-6-13)7-4-9-18(12-16)15-17-8-10-21-15/h1-3,5-6,8,10H,4,7,9,11-12H2,(H,19,20)/t16-/m1/s1. The van der Waals surface area contributed by atoms with Crippen LogP contribution < -0.4 is 4.90 Å². The zero-order chi connectivity index (χ0) is 14.7. The van der Waals surface area contributed by atoms with E-state index in [0.29, 0.717) is 13.0 Å². The number of piperidine rings is 1. The van der Waals surface area contributed by atoms with Gasteiger partial charge < -0.3 is 10.0 Å². The molecule has 0 spiro atoms. The van der Waals surface area contributed by atoms with Crippen LogP contribution in [-0.2, 0) is 11.2 Å². The van der Waals surface area contributed by atoms with Crippen LogP contribution >= 0.6 is 11.3 Å². The van der Waals surface area contributed by atoms with Crippen molar-refractivity contribution in [1.82, 2.24) is 4.98 Å². The highest BCUT2D eigenvalue weighted by molar-refractivity contribution is 7.13. The van der Waals surface area contributed by atoms with Gasteiger partial charge in [-0.2, -0.15) is 0 Å². The van der Waals surface area contributed by atoms with Gasteiger partial charge in [-0.25, -0.2) is 4.98 Å². The number of nitrogens with zero attached hydrogens (tertiary/aromatic N) is 2. The Morgan fingerprint density at radius 1 is 1.38 bits per heavy atom. The maximum atomic E-state index is 12.0. The van der Waals surface area contributed by atoms with Gasteiger partial charge in [-0.3, -0.25) is 4.79 Å². The van der Waals surface area contributed by atoms with Gasteiger partial charge in [0.15, 0.2) is 5.13 Å². The molecule has 5 heteroatoms. The number of rotatable bonds is 4. The van der Waals surface area contributed by atoms with Gasteiger partial charge >= 0.3 is 5.97 Å². The lowest BCUT2D eigenvalue weighted by molar-refractivity contribution is -0.149. The first-order valence-corrected chi connectivity index (χ1v) is 7.99. The molecule has 1 saturated heterocycles. The van der Waals surface area contributed by atoms with Crippen molar-refractivity contribution < 1.29 is 9.90 Å². The molecule has 1 aromatic carbocycles. The second kappa shape index (κ2) is 5.85. The summed E-state index contributed by atoms with van der Waals surface area (Å²) in [5, 5.41) is 12.7. The van der Waals surface area contributed by atoms with E-state index in [4.69, 9.17) is 0 Å². The molecule has 110 valence electrons. The molecule has 1 aliphatic heterocycles. The summed E-state index contributed by atoms with van der Waals surface area (Å²) in [5.41, 5.74) is 0.367. The molecule has 0 aliphatic carbocycles. The highest BCUT2D eigenvalue weighted by Gasteiger charge is 2.43. The van der Waals surface area contributed by atoms with E-state index < -0.39 is 11.4 Å². The van der Waals surface area contributed by atoms with Gasteiger partial charge in [0.05, 0.1) is 5.41 Å². The summed E-state index contributed by atoms with van der Waals surface area (Å²) in [5.74, 6) is -0.701. The summed E-state index contributed by atoms with van der Waals surface area (Å²) in [6.07, 6.45) is 3.96. The SMILES string of the molecule is O=C(O)[C@@]1(Cc2ccccc2)CCCN(c2nccs2)C1. The molecule has 21 heavy (non-hydrogen) atoms. The third-order valence-corrected chi connectivity index (χ3v) is 4.94. The van der Waals surface area contributed by atoms with Crippen molar-refractivity contribution in [2.24, 2.45) is 5.41 Å². The van der Waals surface area contributed by atoms with Crippen LogP contribution in [-0.4, -0.2) is 29.1 Å². The molecule has 4 nitrogen and oxygen atoms in total. The fourth-order valence-corrected chi connectivity index (χ4v) is 3.72. The Balaban J connectivity index is 1.85. The Hall–Kier alpha value is -1.88. The van der Waals surface area contributed by atoms with E-state index in [9.17, 15) is 9.90 Å². The van der Waals surface area contributed by atoms with Crippen molar-refractivity contribution in [3.8, 4) is 0 Å².